The monoisotopic (exact) mass is 254 g/mol. The van der Waals surface area contributed by atoms with Crippen molar-refractivity contribution in [3.05, 3.63) is 24.2 Å². The molecule has 1 aromatic heterocycles. The van der Waals surface area contributed by atoms with Crippen molar-refractivity contribution in [2.75, 3.05) is 7.11 Å². The van der Waals surface area contributed by atoms with E-state index in [2.05, 4.69) is 15.4 Å². The van der Waals surface area contributed by atoms with Crippen LogP contribution in [0.2, 0.25) is 0 Å². The highest BCUT2D eigenvalue weighted by molar-refractivity contribution is 5.85. The number of methoxy groups -OCH3 is 1. The fourth-order valence-electron chi connectivity index (χ4n) is 1.42. The number of hydrogen-bond donors (Lipinski definition) is 2. The van der Waals surface area contributed by atoms with Crippen molar-refractivity contribution in [1.82, 2.24) is 10.6 Å². The predicted octanol–water partition coefficient (Wildman–Crippen LogP) is 1.28. The van der Waals surface area contributed by atoms with Crippen LogP contribution < -0.4 is 10.6 Å². The van der Waals surface area contributed by atoms with Gasteiger partial charge >= 0.3 is 6.09 Å². The Morgan fingerprint density at radius 1 is 1.44 bits per heavy atom. The lowest BCUT2D eigenvalue weighted by Crippen LogP contribution is -2.49. The Labute approximate surface area is 106 Å². The summed E-state index contributed by atoms with van der Waals surface area (Å²) in [5.41, 5.74) is 0. The molecular formula is C12H18N2O4. The van der Waals surface area contributed by atoms with Crippen molar-refractivity contribution in [2.24, 2.45) is 5.92 Å². The van der Waals surface area contributed by atoms with Gasteiger partial charge in [0.1, 0.15) is 11.8 Å². The molecule has 0 bridgehead atoms. The number of furan rings is 1. The highest BCUT2D eigenvalue weighted by Gasteiger charge is 2.24. The van der Waals surface area contributed by atoms with Crippen molar-refractivity contribution in [3.8, 4) is 0 Å². The van der Waals surface area contributed by atoms with E-state index >= 15 is 0 Å². The zero-order valence-corrected chi connectivity index (χ0v) is 10.7. The van der Waals surface area contributed by atoms with Crippen LogP contribution in [0.5, 0.6) is 0 Å². The fraction of sp³-hybridized carbons (Fsp3) is 0.500. The molecule has 100 valence electrons. The van der Waals surface area contributed by atoms with Gasteiger partial charge in [0.15, 0.2) is 0 Å². The van der Waals surface area contributed by atoms with Crippen LogP contribution in [0.3, 0.4) is 0 Å². The summed E-state index contributed by atoms with van der Waals surface area (Å²) in [6, 6.07) is 2.87. The topological polar surface area (TPSA) is 80.6 Å². The van der Waals surface area contributed by atoms with Crippen LogP contribution in [0.1, 0.15) is 19.6 Å². The van der Waals surface area contributed by atoms with Gasteiger partial charge in [0.25, 0.3) is 0 Å². The molecule has 0 fully saturated rings. The Kier molecular flexibility index (Phi) is 5.23. The summed E-state index contributed by atoms with van der Waals surface area (Å²) in [6.45, 7) is 3.97. The van der Waals surface area contributed by atoms with Gasteiger partial charge < -0.3 is 19.8 Å². The number of amides is 2. The maximum atomic E-state index is 11.9. The van der Waals surface area contributed by atoms with Crippen LogP contribution in [0.15, 0.2) is 22.8 Å². The normalized spacial score (nSPS) is 12.0. The number of alkyl carbamates (subject to hydrolysis) is 1. The molecule has 0 radical (unpaired) electrons. The number of carbonyl (C=O) groups excluding carboxylic acids is 2. The van der Waals surface area contributed by atoms with E-state index in [0.29, 0.717) is 5.76 Å². The van der Waals surface area contributed by atoms with Crippen LogP contribution in [0, 0.1) is 5.92 Å². The molecule has 2 amide bonds. The lowest BCUT2D eigenvalue weighted by atomic mass is 10.0. The highest BCUT2D eigenvalue weighted by atomic mass is 16.5. The maximum Gasteiger partial charge on any atom is 0.407 e. The average Bonchev–Trinajstić information content (AvgIpc) is 2.85. The van der Waals surface area contributed by atoms with Crippen molar-refractivity contribution in [1.29, 1.82) is 0 Å². The van der Waals surface area contributed by atoms with E-state index in [9.17, 15) is 9.59 Å². The molecule has 0 saturated carbocycles. The molecule has 0 aliphatic heterocycles. The molecule has 18 heavy (non-hydrogen) atoms. The van der Waals surface area contributed by atoms with Crippen molar-refractivity contribution in [2.45, 2.75) is 26.4 Å². The van der Waals surface area contributed by atoms with Crippen LogP contribution >= 0.6 is 0 Å². The summed E-state index contributed by atoms with van der Waals surface area (Å²) in [7, 11) is 1.26. The van der Waals surface area contributed by atoms with Crippen LogP contribution in [-0.4, -0.2) is 25.2 Å². The molecule has 0 spiro atoms. The number of carbonyl (C=O) groups is 2. The second kappa shape index (κ2) is 6.68. The Morgan fingerprint density at radius 3 is 2.67 bits per heavy atom. The fourth-order valence-corrected chi connectivity index (χ4v) is 1.42. The van der Waals surface area contributed by atoms with E-state index in [1.54, 1.807) is 12.1 Å². The van der Waals surface area contributed by atoms with E-state index in [4.69, 9.17) is 4.42 Å². The Morgan fingerprint density at radius 2 is 2.17 bits per heavy atom. The van der Waals surface area contributed by atoms with E-state index in [-0.39, 0.29) is 18.4 Å². The molecule has 0 saturated heterocycles. The molecular weight excluding hydrogens is 236 g/mol. The molecule has 0 unspecified atom stereocenters. The summed E-state index contributed by atoms with van der Waals surface area (Å²) in [5.74, 6) is 0.344. The zero-order chi connectivity index (χ0) is 13.5. The molecule has 0 aromatic carbocycles. The predicted molar refractivity (Wildman–Crippen MR) is 64.7 cm³/mol. The molecule has 1 heterocycles. The summed E-state index contributed by atoms with van der Waals surface area (Å²) in [6.07, 6.45) is 0.913. The largest absolute Gasteiger partial charge is 0.467 e. The van der Waals surface area contributed by atoms with Gasteiger partial charge in [0, 0.05) is 0 Å². The van der Waals surface area contributed by atoms with Crippen LogP contribution in [0.25, 0.3) is 0 Å². The second-order valence-corrected chi connectivity index (χ2v) is 4.15. The summed E-state index contributed by atoms with van der Waals surface area (Å²) >= 11 is 0. The third-order valence-corrected chi connectivity index (χ3v) is 2.42. The Hall–Kier alpha value is -1.98. The van der Waals surface area contributed by atoms with E-state index < -0.39 is 12.1 Å². The third-order valence-electron chi connectivity index (χ3n) is 2.42. The second-order valence-electron chi connectivity index (χ2n) is 4.15. The minimum absolute atomic E-state index is 0.0410. The van der Waals surface area contributed by atoms with E-state index in [1.807, 2.05) is 13.8 Å². The first-order valence-electron chi connectivity index (χ1n) is 5.69. The lowest BCUT2D eigenvalue weighted by molar-refractivity contribution is -0.124. The van der Waals surface area contributed by atoms with Gasteiger partial charge in [-0.15, -0.1) is 0 Å². The third kappa shape index (κ3) is 4.12. The SMILES string of the molecule is COC(=O)N[C@@H](C(=O)NCc1ccco1)C(C)C. The van der Waals surface area contributed by atoms with E-state index in [0.717, 1.165) is 0 Å². The molecule has 1 atom stereocenters. The highest BCUT2D eigenvalue weighted by Crippen LogP contribution is 2.04. The van der Waals surface area contributed by atoms with Gasteiger partial charge in [-0.25, -0.2) is 4.79 Å². The summed E-state index contributed by atoms with van der Waals surface area (Å²) in [5, 5.41) is 5.19. The quantitative estimate of drug-likeness (QED) is 0.829. The molecule has 6 nitrogen and oxygen atoms in total. The van der Waals surface area contributed by atoms with Crippen molar-refractivity contribution < 1.29 is 18.7 Å². The first-order valence-corrected chi connectivity index (χ1v) is 5.69. The van der Waals surface area contributed by atoms with Crippen LogP contribution in [-0.2, 0) is 16.1 Å². The number of ether oxygens (including phenoxy) is 1. The Balaban J connectivity index is 2.51. The lowest BCUT2D eigenvalue weighted by Gasteiger charge is -2.20. The van der Waals surface area contributed by atoms with E-state index in [1.165, 1.54) is 13.4 Å². The summed E-state index contributed by atoms with van der Waals surface area (Å²) < 4.78 is 9.58. The van der Waals surface area contributed by atoms with Gasteiger partial charge in [-0.2, -0.15) is 0 Å². The summed E-state index contributed by atoms with van der Waals surface area (Å²) in [4.78, 5) is 23.0. The standard InChI is InChI=1S/C12H18N2O4/c1-8(2)10(14-12(16)17-3)11(15)13-7-9-5-4-6-18-9/h4-6,8,10H,7H2,1-3H3,(H,13,15)(H,14,16)/t10-/m1/s1. The van der Waals surface area contributed by atoms with Crippen LogP contribution in [0.4, 0.5) is 4.79 Å². The Bertz CT molecular complexity index is 387. The molecule has 0 aliphatic rings. The van der Waals surface area contributed by atoms with Gasteiger partial charge in [-0.05, 0) is 18.1 Å². The van der Waals surface area contributed by atoms with Crippen molar-refractivity contribution >= 4 is 12.0 Å². The number of nitrogens with one attached hydrogen (secondary N) is 2. The minimum atomic E-state index is -0.632. The molecule has 1 aromatic rings. The van der Waals surface area contributed by atoms with Gasteiger partial charge in [-0.1, -0.05) is 13.8 Å². The zero-order valence-electron chi connectivity index (χ0n) is 10.7. The van der Waals surface area contributed by atoms with Crippen molar-refractivity contribution in [3.63, 3.8) is 0 Å². The first kappa shape index (κ1) is 14.1. The van der Waals surface area contributed by atoms with Gasteiger partial charge in [-0.3, -0.25) is 4.79 Å². The van der Waals surface area contributed by atoms with Gasteiger partial charge in [0.05, 0.1) is 19.9 Å². The average molecular weight is 254 g/mol. The smallest absolute Gasteiger partial charge is 0.407 e. The number of hydrogen-bond acceptors (Lipinski definition) is 4. The van der Waals surface area contributed by atoms with Gasteiger partial charge in [0.2, 0.25) is 5.91 Å². The molecule has 0 aliphatic carbocycles. The minimum Gasteiger partial charge on any atom is -0.467 e. The molecule has 1 rings (SSSR count). The maximum absolute atomic E-state index is 11.9. The molecule has 6 heteroatoms. The molecule has 2 N–H and O–H groups in total. The first-order chi connectivity index (χ1) is 8.54. The number of rotatable bonds is 5.